The molecule has 5 nitrogen and oxygen atoms in total. The van der Waals surface area contributed by atoms with Gasteiger partial charge in [0.1, 0.15) is 0 Å². The summed E-state index contributed by atoms with van der Waals surface area (Å²) in [5.74, 6) is 0.148. The summed E-state index contributed by atoms with van der Waals surface area (Å²) in [6.45, 7) is 2.08. The van der Waals surface area contributed by atoms with Crippen LogP contribution in [0.3, 0.4) is 0 Å². The van der Waals surface area contributed by atoms with Crippen molar-refractivity contribution in [3.05, 3.63) is 29.3 Å². The zero-order valence-electron chi connectivity index (χ0n) is 11.2. The Hall–Kier alpha value is -1.27. The van der Waals surface area contributed by atoms with Crippen LogP contribution in [0.15, 0.2) is 24.3 Å². The van der Waals surface area contributed by atoms with Crippen molar-refractivity contribution < 1.29 is 13.2 Å². The number of benzene rings is 1. The molecule has 20 heavy (non-hydrogen) atoms. The standard InChI is InChI=1S/C13H17ClN2O3S/c1-10-5-7-20(18,19)8-6-16(10)13(17)15-12-4-2-3-11(14)9-12/h2-4,9-10H,5-8H2,1H3,(H,15,17)/t10-/m0/s1. The van der Waals surface area contributed by atoms with Crippen molar-refractivity contribution in [3.63, 3.8) is 0 Å². The van der Waals surface area contributed by atoms with Crippen LogP contribution in [0.5, 0.6) is 0 Å². The number of halogens is 1. The van der Waals surface area contributed by atoms with Gasteiger partial charge < -0.3 is 10.2 Å². The first kappa shape index (κ1) is 15.1. The third-order valence-electron chi connectivity index (χ3n) is 3.36. The van der Waals surface area contributed by atoms with Crippen molar-refractivity contribution in [1.82, 2.24) is 4.90 Å². The molecule has 1 fully saturated rings. The predicted octanol–water partition coefficient (Wildman–Crippen LogP) is 2.38. The molecule has 1 aromatic carbocycles. The van der Waals surface area contributed by atoms with Crippen molar-refractivity contribution >= 4 is 33.2 Å². The number of nitrogens with zero attached hydrogens (tertiary/aromatic N) is 1. The molecule has 2 amide bonds. The maximum absolute atomic E-state index is 12.2. The fraction of sp³-hybridized carbons (Fsp3) is 0.462. The highest BCUT2D eigenvalue weighted by Gasteiger charge is 2.27. The van der Waals surface area contributed by atoms with E-state index in [2.05, 4.69) is 5.32 Å². The number of nitrogens with one attached hydrogen (secondary N) is 1. The van der Waals surface area contributed by atoms with Crippen molar-refractivity contribution in [3.8, 4) is 0 Å². The maximum Gasteiger partial charge on any atom is 0.322 e. The molecule has 0 aromatic heterocycles. The summed E-state index contributed by atoms with van der Waals surface area (Å²) >= 11 is 5.86. The van der Waals surface area contributed by atoms with Gasteiger partial charge in [-0.05, 0) is 31.5 Å². The molecule has 1 saturated heterocycles. The highest BCUT2D eigenvalue weighted by Crippen LogP contribution is 2.17. The van der Waals surface area contributed by atoms with Crippen LogP contribution < -0.4 is 5.32 Å². The molecule has 2 rings (SSSR count). The largest absolute Gasteiger partial charge is 0.322 e. The van der Waals surface area contributed by atoms with Crippen LogP contribution >= 0.6 is 11.6 Å². The van der Waals surface area contributed by atoms with Gasteiger partial charge in [-0.15, -0.1) is 0 Å². The predicted molar refractivity (Wildman–Crippen MR) is 79.9 cm³/mol. The third-order valence-corrected chi connectivity index (χ3v) is 5.26. The van der Waals surface area contributed by atoms with E-state index in [9.17, 15) is 13.2 Å². The van der Waals surface area contributed by atoms with Gasteiger partial charge in [-0.3, -0.25) is 0 Å². The topological polar surface area (TPSA) is 66.5 Å². The average molecular weight is 317 g/mol. The first-order valence-electron chi connectivity index (χ1n) is 6.41. The molecule has 1 N–H and O–H groups in total. The second-order valence-corrected chi connectivity index (χ2v) is 7.66. The molecule has 0 saturated carbocycles. The molecule has 1 aliphatic rings. The molecule has 0 bridgehead atoms. The van der Waals surface area contributed by atoms with Gasteiger partial charge in [-0.2, -0.15) is 0 Å². The molecular weight excluding hydrogens is 300 g/mol. The zero-order chi connectivity index (χ0) is 14.8. The fourth-order valence-electron chi connectivity index (χ4n) is 2.13. The van der Waals surface area contributed by atoms with E-state index in [0.29, 0.717) is 17.1 Å². The number of urea groups is 1. The summed E-state index contributed by atoms with van der Waals surface area (Å²) in [6, 6.07) is 6.46. The zero-order valence-corrected chi connectivity index (χ0v) is 12.7. The van der Waals surface area contributed by atoms with Crippen LogP contribution in [0.4, 0.5) is 10.5 Å². The first-order chi connectivity index (χ1) is 9.37. The highest BCUT2D eigenvalue weighted by molar-refractivity contribution is 7.91. The van der Waals surface area contributed by atoms with Crippen LogP contribution in [0.2, 0.25) is 5.02 Å². The SMILES string of the molecule is C[C@H]1CCS(=O)(=O)CCN1C(=O)Nc1cccc(Cl)c1. The van der Waals surface area contributed by atoms with E-state index in [1.54, 1.807) is 29.2 Å². The Labute approximate surface area is 123 Å². The molecule has 0 spiro atoms. The molecular formula is C13H17ClN2O3S. The number of sulfone groups is 1. The van der Waals surface area contributed by atoms with Gasteiger partial charge in [0.2, 0.25) is 0 Å². The number of anilines is 1. The first-order valence-corrected chi connectivity index (χ1v) is 8.61. The van der Waals surface area contributed by atoms with Gasteiger partial charge in [-0.1, -0.05) is 17.7 Å². The Kier molecular flexibility index (Phi) is 4.55. The minimum Gasteiger partial charge on any atom is -0.321 e. The average Bonchev–Trinajstić information content (AvgIpc) is 2.49. The number of carbonyl (C=O) groups excluding carboxylic acids is 1. The molecule has 7 heteroatoms. The molecule has 0 unspecified atom stereocenters. The van der Waals surface area contributed by atoms with E-state index in [1.165, 1.54) is 0 Å². The van der Waals surface area contributed by atoms with Gasteiger partial charge >= 0.3 is 6.03 Å². The fourth-order valence-corrected chi connectivity index (χ4v) is 3.70. The Balaban J connectivity index is 2.08. The normalized spacial score (nSPS) is 22.1. The molecule has 1 heterocycles. The summed E-state index contributed by atoms with van der Waals surface area (Å²) in [5.41, 5.74) is 0.599. The third kappa shape index (κ3) is 3.86. The molecule has 0 radical (unpaired) electrons. The molecule has 0 aliphatic carbocycles. The van der Waals surface area contributed by atoms with E-state index in [-0.39, 0.29) is 30.1 Å². The van der Waals surface area contributed by atoms with E-state index in [4.69, 9.17) is 11.6 Å². The number of rotatable bonds is 1. The van der Waals surface area contributed by atoms with Crippen LogP contribution in [0.25, 0.3) is 0 Å². The summed E-state index contributed by atoms with van der Waals surface area (Å²) in [5, 5.41) is 3.28. The monoisotopic (exact) mass is 316 g/mol. The minimum absolute atomic E-state index is 0.0142. The van der Waals surface area contributed by atoms with Crippen molar-refractivity contribution in [2.45, 2.75) is 19.4 Å². The van der Waals surface area contributed by atoms with E-state index in [0.717, 1.165) is 0 Å². The van der Waals surface area contributed by atoms with Gasteiger partial charge in [0, 0.05) is 23.3 Å². The van der Waals surface area contributed by atoms with Gasteiger partial charge in [0.05, 0.1) is 11.5 Å². The van der Waals surface area contributed by atoms with Crippen LogP contribution in [-0.2, 0) is 9.84 Å². The molecule has 1 atom stereocenters. The van der Waals surface area contributed by atoms with Crippen LogP contribution in [0, 0.1) is 0 Å². The van der Waals surface area contributed by atoms with Crippen molar-refractivity contribution in [2.24, 2.45) is 0 Å². The van der Waals surface area contributed by atoms with Crippen molar-refractivity contribution in [1.29, 1.82) is 0 Å². The van der Waals surface area contributed by atoms with Gasteiger partial charge in [0.15, 0.2) is 9.84 Å². The Morgan fingerprint density at radius 1 is 1.40 bits per heavy atom. The number of hydrogen-bond acceptors (Lipinski definition) is 3. The minimum atomic E-state index is -3.04. The van der Waals surface area contributed by atoms with Gasteiger partial charge in [0.25, 0.3) is 0 Å². The maximum atomic E-state index is 12.2. The molecule has 1 aromatic rings. The lowest BCUT2D eigenvalue weighted by Crippen LogP contribution is -2.42. The lowest BCUT2D eigenvalue weighted by Gasteiger charge is -2.26. The lowest BCUT2D eigenvalue weighted by molar-refractivity contribution is 0.197. The smallest absolute Gasteiger partial charge is 0.321 e. The number of carbonyl (C=O) groups is 1. The summed E-state index contributed by atoms with van der Waals surface area (Å²) in [6.07, 6.45) is 0.464. The molecule has 110 valence electrons. The lowest BCUT2D eigenvalue weighted by atomic mass is 10.2. The number of hydrogen-bond donors (Lipinski definition) is 1. The summed E-state index contributed by atoms with van der Waals surface area (Å²) in [7, 11) is -3.04. The quantitative estimate of drug-likeness (QED) is 0.865. The van der Waals surface area contributed by atoms with E-state index >= 15 is 0 Å². The molecule has 1 aliphatic heterocycles. The van der Waals surface area contributed by atoms with Crippen LogP contribution in [0.1, 0.15) is 13.3 Å². The Morgan fingerprint density at radius 3 is 2.85 bits per heavy atom. The summed E-state index contributed by atoms with van der Waals surface area (Å²) in [4.78, 5) is 13.8. The Morgan fingerprint density at radius 2 is 2.15 bits per heavy atom. The highest BCUT2D eigenvalue weighted by atomic mass is 35.5. The van der Waals surface area contributed by atoms with Crippen molar-refractivity contribution in [2.75, 3.05) is 23.4 Å². The van der Waals surface area contributed by atoms with Crippen LogP contribution in [-0.4, -0.2) is 43.4 Å². The van der Waals surface area contributed by atoms with E-state index < -0.39 is 9.84 Å². The summed E-state index contributed by atoms with van der Waals surface area (Å²) < 4.78 is 23.2. The second-order valence-electron chi connectivity index (χ2n) is 4.92. The van der Waals surface area contributed by atoms with Gasteiger partial charge in [-0.25, -0.2) is 13.2 Å². The number of amides is 2. The Bertz CT molecular complexity index is 603. The van der Waals surface area contributed by atoms with E-state index in [1.807, 2.05) is 6.92 Å². The second kappa shape index (κ2) is 6.01.